The molecule has 386 valence electrons. The molecule has 0 saturated heterocycles. The molecule has 0 heterocycles. The Labute approximate surface area is 407 Å². The predicted molar refractivity (Wildman–Crippen MR) is 284 cm³/mol. The van der Waals surface area contributed by atoms with Crippen LogP contribution in [0.2, 0.25) is 0 Å². The van der Waals surface area contributed by atoms with Gasteiger partial charge in [-0.2, -0.15) is 0 Å². The molecule has 0 aliphatic heterocycles. The lowest BCUT2D eigenvalue weighted by atomic mass is 10.0. The number of allylic oxidation sites excluding steroid dienone is 2. The lowest BCUT2D eigenvalue weighted by Gasteiger charge is -2.18. The molecule has 0 fully saturated rings. The van der Waals surface area contributed by atoms with Crippen LogP contribution < -0.4 is 0 Å². The molecule has 0 aliphatic carbocycles. The van der Waals surface area contributed by atoms with Crippen molar-refractivity contribution in [2.75, 3.05) is 19.8 Å². The Morgan fingerprint density at radius 3 is 0.938 bits per heavy atom. The summed E-state index contributed by atoms with van der Waals surface area (Å²) in [7, 11) is 0. The minimum atomic E-state index is -0.527. The molecule has 0 aromatic carbocycles. The van der Waals surface area contributed by atoms with Crippen molar-refractivity contribution in [2.45, 2.75) is 341 Å². The largest absolute Gasteiger partial charge is 0.462 e. The molecule has 0 radical (unpaired) electrons. The molecule has 5 heteroatoms. The van der Waals surface area contributed by atoms with E-state index in [0.29, 0.717) is 26.1 Å². The molecule has 0 aromatic heterocycles. The number of ether oxygens (including phenoxy) is 3. The fourth-order valence-electron chi connectivity index (χ4n) is 9.10. The molecule has 1 atom stereocenters. The van der Waals surface area contributed by atoms with Gasteiger partial charge in [-0.15, -0.1) is 0 Å². The Morgan fingerprint density at radius 1 is 0.323 bits per heavy atom. The molecule has 0 unspecified atom stereocenters. The third kappa shape index (κ3) is 55.1. The lowest BCUT2D eigenvalue weighted by Crippen LogP contribution is -2.30. The molecule has 65 heavy (non-hydrogen) atoms. The summed E-state index contributed by atoms with van der Waals surface area (Å²) in [5, 5.41) is 0. The Hall–Kier alpha value is -1.36. The van der Waals surface area contributed by atoms with Gasteiger partial charge >= 0.3 is 11.9 Å². The topological polar surface area (TPSA) is 61.8 Å². The van der Waals surface area contributed by atoms with Gasteiger partial charge in [0.1, 0.15) is 6.61 Å². The van der Waals surface area contributed by atoms with Crippen LogP contribution in [0.1, 0.15) is 335 Å². The van der Waals surface area contributed by atoms with E-state index in [1.54, 1.807) is 0 Å². The van der Waals surface area contributed by atoms with Crippen molar-refractivity contribution < 1.29 is 23.8 Å². The van der Waals surface area contributed by atoms with Crippen LogP contribution in [0.15, 0.2) is 12.2 Å². The fourth-order valence-corrected chi connectivity index (χ4v) is 9.10. The highest BCUT2D eigenvalue weighted by Crippen LogP contribution is 2.17. The minimum Gasteiger partial charge on any atom is -0.462 e. The third-order valence-electron chi connectivity index (χ3n) is 13.6. The summed E-state index contributed by atoms with van der Waals surface area (Å²) >= 11 is 0. The zero-order valence-corrected chi connectivity index (χ0v) is 44.5. The van der Waals surface area contributed by atoms with Gasteiger partial charge in [0.2, 0.25) is 0 Å². The second-order valence-corrected chi connectivity index (χ2v) is 20.3. The van der Waals surface area contributed by atoms with Crippen LogP contribution >= 0.6 is 0 Å². The number of carbonyl (C=O) groups excluding carboxylic acids is 2. The van der Waals surface area contributed by atoms with Gasteiger partial charge in [-0.25, -0.2) is 0 Å². The van der Waals surface area contributed by atoms with E-state index in [-0.39, 0.29) is 18.5 Å². The van der Waals surface area contributed by atoms with Crippen LogP contribution in [0.3, 0.4) is 0 Å². The van der Waals surface area contributed by atoms with Crippen LogP contribution in [-0.2, 0) is 23.8 Å². The van der Waals surface area contributed by atoms with Gasteiger partial charge in [-0.1, -0.05) is 290 Å². The van der Waals surface area contributed by atoms with Crippen molar-refractivity contribution >= 4 is 11.9 Å². The number of hydrogen-bond donors (Lipinski definition) is 0. The van der Waals surface area contributed by atoms with Gasteiger partial charge < -0.3 is 14.2 Å². The van der Waals surface area contributed by atoms with Gasteiger partial charge in [0.05, 0.1) is 6.61 Å². The van der Waals surface area contributed by atoms with E-state index in [4.69, 9.17) is 14.2 Å². The van der Waals surface area contributed by atoms with Crippen molar-refractivity contribution in [2.24, 2.45) is 0 Å². The second kappa shape index (κ2) is 57.0. The van der Waals surface area contributed by atoms with E-state index in [1.807, 2.05) is 0 Å². The molecule has 5 nitrogen and oxygen atoms in total. The molecule has 0 spiro atoms. The fraction of sp³-hybridized carbons (Fsp3) is 0.933. The normalized spacial score (nSPS) is 12.1. The Bertz CT molecular complexity index is 948. The zero-order valence-electron chi connectivity index (χ0n) is 44.5. The molecule has 0 aromatic rings. The van der Waals surface area contributed by atoms with Crippen molar-refractivity contribution in [1.82, 2.24) is 0 Å². The van der Waals surface area contributed by atoms with Crippen LogP contribution in [0, 0.1) is 0 Å². The van der Waals surface area contributed by atoms with Gasteiger partial charge in [0.15, 0.2) is 6.10 Å². The average molecular weight is 918 g/mol. The molecule has 0 rings (SSSR count). The van der Waals surface area contributed by atoms with E-state index < -0.39 is 6.10 Å². The summed E-state index contributed by atoms with van der Waals surface area (Å²) in [5.74, 6) is -0.371. The van der Waals surface area contributed by atoms with Crippen LogP contribution in [-0.4, -0.2) is 37.9 Å². The maximum Gasteiger partial charge on any atom is 0.306 e. The van der Waals surface area contributed by atoms with Crippen molar-refractivity contribution in [1.29, 1.82) is 0 Å². The van der Waals surface area contributed by atoms with Crippen LogP contribution in [0.25, 0.3) is 0 Å². The quantitative estimate of drug-likeness (QED) is 0.0346. The minimum absolute atomic E-state index is 0.0954. The standard InChI is InChI=1S/C60H116O5/c1-4-7-10-13-16-19-22-25-27-29-30-31-32-33-34-36-39-42-45-48-51-54-60(62)65-58(57-64-59(61)53-50-47-44-41-38-24-21-18-15-12-9-6-3)56-63-55-52-49-46-43-40-37-35-28-26-23-20-17-14-11-8-5-2/h25,27,58H,4-24,26,28-57H2,1-3H3/b27-25-/t58-/m1/s1. The maximum absolute atomic E-state index is 12.9. The summed E-state index contributed by atoms with van der Waals surface area (Å²) in [6.07, 6.45) is 66.6. The monoisotopic (exact) mass is 917 g/mol. The Kier molecular flexibility index (Phi) is 55.8. The highest BCUT2D eigenvalue weighted by molar-refractivity contribution is 5.70. The molecular weight excluding hydrogens is 801 g/mol. The number of rotatable bonds is 56. The van der Waals surface area contributed by atoms with Gasteiger partial charge in [0, 0.05) is 19.4 Å². The van der Waals surface area contributed by atoms with E-state index >= 15 is 0 Å². The first-order chi connectivity index (χ1) is 32.1. The van der Waals surface area contributed by atoms with Crippen molar-refractivity contribution in [3.8, 4) is 0 Å². The van der Waals surface area contributed by atoms with E-state index in [2.05, 4.69) is 32.9 Å². The van der Waals surface area contributed by atoms with E-state index in [9.17, 15) is 9.59 Å². The molecule has 0 N–H and O–H groups in total. The number of hydrogen-bond acceptors (Lipinski definition) is 5. The van der Waals surface area contributed by atoms with Crippen LogP contribution in [0.5, 0.6) is 0 Å². The lowest BCUT2D eigenvalue weighted by molar-refractivity contribution is -0.163. The highest BCUT2D eigenvalue weighted by atomic mass is 16.6. The summed E-state index contributed by atoms with van der Waals surface area (Å²) < 4.78 is 17.5. The summed E-state index contributed by atoms with van der Waals surface area (Å²) in [6, 6.07) is 0. The van der Waals surface area contributed by atoms with E-state index in [1.165, 1.54) is 270 Å². The van der Waals surface area contributed by atoms with Gasteiger partial charge in [-0.05, 0) is 44.9 Å². The summed E-state index contributed by atoms with van der Waals surface area (Å²) in [5.41, 5.74) is 0. The number of unbranched alkanes of at least 4 members (excludes halogenated alkanes) is 43. The van der Waals surface area contributed by atoms with Gasteiger partial charge in [0.25, 0.3) is 0 Å². The molecule has 0 aliphatic rings. The molecule has 0 bridgehead atoms. The zero-order chi connectivity index (χ0) is 47.0. The Morgan fingerprint density at radius 2 is 0.600 bits per heavy atom. The van der Waals surface area contributed by atoms with Crippen molar-refractivity contribution in [3.05, 3.63) is 12.2 Å². The smallest absolute Gasteiger partial charge is 0.306 e. The third-order valence-corrected chi connectivity index (χ3v) is 13.6. The SMILES string of the molecule is CCCCCCCC/C=C\CCCCCCCCCCCCCC(=O)O[C@H](COCCCCCCCCCCCCCCCCCC)COC(=O)CCCCCCCCCCCCCC. The van der Waals surface area contributed by atoms with E-state index in [0.717, 1.165) is 32.1 Å². The predicted octanol–water partition coefficient (Wildman–Crippen LogP) is 20.2. The molecular formula is C60H116O5. The summed E-state index contributed by atoms with van der Waals surface area (Å²) in [6.45, 7) is 7.91. The van der Waals surface area contributed by atoms with Crippen LogP contribution in [0.4, 0.5) is 0 Å². The van der Waals surface area contributed by atoms with Gasteiger partial charge in [-0.3, -0.25) is 9.59 Å². The average Bonchev–Trinajstić information content (AvgIpc) is 3.31. The molecule has 0 amide bonds. The summed E-state index contributed by atoms with van der Waals surface area (Å²) in [4.78, 5) is 25.5. The first-order valence-electron chi connectivity index (χ1n) is 29.7. The maximum atomic E-state index is 12.9. The Balaban J connectivity index is 4.16. The number of carbonyl (C=O) groups is 2. The number of esters is 2. The molecule has 0 saturated carbocycles. The first kappa shape index (κ1) is 63.6. The first-order valence-corrected chi connectivity index (χ1v) is 29.7. The van der Waals surface area contributed by atoms with Crippen molar-refractivity contribution in [3.63, 3.8) is 0 Å². The highest BCUT2D eigenvalue weighted by Gasteiger charge is 2.17. The second-order valence-electron chi connectivity index (χ2n) is 20.3.